The van der Waals surface area contributed by atoms with Crippen molar-refractivity contribution >= 4 is 11.9 Å². The van der Waals surface area contributed by atoms with Crippen molar-refractivity contribution in [3.8, 4) is 11.5 Å². The first-order chi connectivity index (χ1) is 12.7. The van der Waals surface area contributed by atoms with Gasteiger partial charge in [0.2, 0.25) is 5.78 Å². The molecule has 1 heterocycles. The Hall–Kier alpha value is -3.40. The minimum absolute atomic E-state index is 0.103. The van der Waals surface area contributed by atoms with E-state index in [1.165, 1.54) is 6.07 Å². The van der Waals surface area contributed by atoms with E-state index in [-0.39, 0.29) is 24.0 Å². The summed E-state index contributed by atoms with van der Waals surface area (Å²) < 4.78 is 25.0. The molecule has 0 unspecified atom stereocenters. The largest absolute Gasteiger partial charge is 0.489 e. The molecule has 1 aliphatic heterocycles. The molecule has 0 aromatic heterocycles. The quantitative estimate of drug-likeness (QED) is 0.622. The molecule has 0 radical (unpaired) electrons. The molecule has 0 bridgehead atoms. The molecule has 0 N–H and O–H groups in total. The topological polar surface area (TPSA) is 35.5 Å². The van der Waals surface area contributed by atoms with Crippen LogP contribution >= 0.6 is 0 Å². The number of fused-ring (bicyclic) bond motifs is 1. The van der Waals surface area contributed by atoms with Crippen LogP contribution in [-0.4, -0.2) is 5.78 Å². The summed E-state index contributed by atoms with van der Waals surface area (Å²) in [6.07, 6.45) is 1.71. The van der Waals surface area contributed by atoms with E-state index in [1.54, 1.807) is 42.5 Å². The standard InChI is InChI=1S/C22H15FO3/c23-19-9-5-4-8-16(19)14-25-17-10-11-18-20(13-17)26-21(22(18)24)12-15-6-2-1-3-7-15/h1-13H,14H2. The van der Waals surface area contributed by atoms with Gasteiger partial charge >= 0.3 is 0 Å². The Bertz CT molecular complexity index is 993. The van der Waals surface area contributed by atoms with Gasteiger partial charge in [-0.1, -0.05) is 48.5 Å². The minimum atomic E-state index is -0.312. The second-order valence-corrected chi connectivity index (χ2v) is 5.89. The highest BCUT2D eigenvalue weighted by Gasteiger charge is 2.27. The van der Waals surface area contributed by atoms with Crippen LogP contribution in [0.5, 0.6) is 11.5 Å². The second kappa shape index (κ2) is 6.84. The number of benzene rings is 3. The van der Waals surface area contributed by atoms with Crippen LogP contribution in [0.1, 0.15) is 21.5 Å². The number of carbonyl (C=O) groups is 1. The van der Waals surface area contributed by atoms with Gasteiger partial charge in [0.05, 0.1) is 5.56 Å². The lowest BCUT2D eigenvalue weighted by molar-refractivity contribution is 0.101. The summed E-state index contributed by atoms with van der Waals surface area (Å²) in [6, 6.07) is 21.0. The van der Waals surface area contributed by atoms with Crippen molar-refractivity contribution in [1.29, 1.82) is 0 Å². The van der Waals surface area contributed by atoms with E-state index in [0.717, 1.165) is 5.56 Å². The molecule has 0 aliphatic carbocycles. The van der Waals surface area contributed by atoms with Crippen LogP contribution in [0.15, 0.2) is 78.6 Å². The van der Waals surface area contributed by atoms with E-state index < -0.39 is 0 Å². The second-order valence-electron chi connectivity index (χ2n) is 5.89. The average Bonchev–Trinajstić information content (AvgIpc) is 2.97. The van der Waals surface area contributed by atoms with Crippen LogP contribution in [0.4, 0.5) is 4.39 Å². The van der Waals surface area contributed by atoms with Crippen molar-refractivity contribution in [2.24, 2.45) is 0 Å². The molecule has 1 aliphatic rings. The van der Waals surface area contributed by atoms with Crippen molar-refractivity contribution in [3.05, 3.63) is 101 Å². The van der Waals surface area contributed by atoms with Gasteiger partial charge in [-0.2, -0.15) is 0 Å². The highest BCUT2D eigenvalue weighted by atomic mass is 19.1. The zero-order valence-electron chi connectivity index (χ0n) is 13.8. The SMILES string of the molecule is O=C1C(=Cc2ccccc2)Oc2cc(OCc3ccccc3F)ccc21. The molecule has 0 spiro atoms. The van der Waals surface area contributed by atoms with Crippen LogP contribution in [0, 0.1) is 5.82 Å². The van der Waals surface area contributed by atoms with E-state index in [9.17, 15) is 9.18 Å². The monoisotopic (exact) mass is 346 g/mol. The van der Waals surface area contributed by atoms with Crippen LogP contribution in [-0.2, 0) is 6.61 Å². The number of halogens is 1. The maximum absolute atomic E-state index is 13.7. The highest BCUT2D eigenvalue weighted by Crippen LogP contribution is 2.35. The number of Topliss-reactive ketones (excluding diaryl/α,β-unsaturated/α-hetero) is 1. The van der Waals surface area contributed by atoms with Crippen LogP contribution < -0.4 is 9.47 Å². The lowest BCUT2D eigenvalue weighted by Crippen LogP contribution is -1.98. The molecule has 0 saturated heterocycles. The third-order valence-corrected chi connectivity index (χ3v) is 4.09. The molecule has 128 valence electrons. The lowest BCUT2D eigenvalue weighted by Gasteiger charge is -2.08. The molecular weight excluding hydrogens is 331 g/mol. The van der Waals surface area contributed by atoms with Crippen LogP contribution in [0.25, 0.3) is 6.08 Å². The summed E-state index contributed by atoms with van der Waals surface area (Å²) in [7, 11) is 0. The maximum Gasteiger partial charge on any atom is 0.231 e. The first kappa shape index (κ1) is 16.1. The normalized spacial score (nSPS) is 14.2. The van der Waals surface area contributed by atoms with Crippen molar-refractivity contribution in [1.82, 2.24) is 0 Å². The molecule has 0 amide bonds. The molecule has 26 heavy (non-hydrogen) atoms. The molecule has 0 atom stereocenters. The fourth-order valence-corrected chi connectivity index (χ4v) is 2.73. The van der Waals surface area contributed by atoms with Gasteiger partial charge in [-0.05, 0) is 29.8 Å². The predicted octanol–water partition coefficient (Wildman–Crippen LogP) is 5.02. The number of carbonyl (C=O) groups excluding carboxylic acids is 1. The minimum Gasteiger partial charge on any atom is -0.489 e. The summed E-state index contributed by atoms with van der Waals surface area (Å²) in [5, 5.41) is 0. The third-order valence-electron chi connectivity index (χ3n) is 4.09. The molecule has 4 heteroatoms. The fourth-order valence-electron chi connectivity index (χ4n) is 2.73. The Morgan fingerprint density at radius 3 is 2.54 bits per heavy atom. The van der Waals surface area contributed by atoms with Gasteiger partial charge in [-0.25, -0.2) is 4.39 Å². The Balaban J connectivity index is 1.53. The van der Waals surface area contributed by atoms with Crippen molar-refractivity contribution in [3.63, 3.8) is 0 Å². The van der Waals surface area contributed by atoms with Gasteiger partial charge in [-0.3, -0.25) is 4.79 Å². The number of hydrogen-bond donors (Lipinski definition) is 0. The molecule has 3 aromatic rings. The Kier molecular flexibility index (Phi) is 4.23. The molecular formula is C22H15FO3. The highest BCUT2D eigenvalue weighted by molar-refractivity contribution is 6.14. The van der Waals surface area contributed by atoms with E-state index in [4.69, 9.17) is 9.47 Å². The van der Waals surface area contributed by atoms with Gasteiger partial charge in [0.25, 0.3) is 0 Å². The summed E-state index contributed by atoms with van der Waals surface area (Å²) in [4.78, 5) is 12.5. The first-order valence-corrected chi connectivity index (χ1v) is 8.20. The van der Waals surface area contributed by atoms with Crippen molar-refractivity contribution < 1.29 is 18.7 Å². The van der Waals surface area contributed by atoms with Crippen LogP contribution in [0.3, 0.4) is 0 Å². The van der Waals surface area contributed by atoms with E-state index >= 15 is 0 Å². The van der Waals surface area contributed by atoms with Gasteiger partial charge < -0.3 is 9.47 Å². The molecule has 0 saturated carbocycles. The Morgan fingerprint density at radius 2 is 1.73 bits per heavy atom. The lowest BCUT2D eigenvalue weighted by atomic mass is 10.1. The maximum atomic E-state index is 13.7. The molecule has 3 aromatic carbocycles. The number of allylic oxidation sites excluding steroid dienone is 1. The van der Waals surface area contributed by atoms with Gasteiger partial charge in [0, 0.05) is 11.6 Å². The fraction of sp³-hybridized carbons (Fsp3) is 0.0455. The summed E-state index contributed by atoms with van der Waals surface area (Å²) in [5.74, 6) is 0.763. The summed E-state index contributed by atoms with van der Waals surface area (Å²) >= 11 is 0. The van der Waals surface area contributed by atoms with Crippen molar-refractivity contribution in [2.75, 3.05) is 0 Å². The van der Waals surface area contributed by atoms with E-state index in [2.05, 4.69) is 0 Å². The predicted molar refractivity (Wildman–Crippen MR) is 96.6 cm³/mol. The summed E-state index contributed by atoms with van der Waals surface area (Å²) in [5.41, 5.74) is 1.85. The number of ether oxygens (including phenoxy) is 2. The Labute approximate surface area is 150 Å². The summed E-state index contributed by atoms with van der Waals surface area (Å²) in [6.45, 7) is 0.103. The molecule has 4 rings (SSSR count). The smallest absolute Gasteiger partial charge is 0.231 e. The third kappa shape index (κ3) is 3.22. The zero-order chi connectivity index (χ0) is 17.9. The number of ketones is 1. The Morgan fingerprint density at radius 1 is 0.962 bits per heavy atom. The van der Waals surface area contributed by atoms with Gasteiger partial charge in [0.1, 0.15) is 23.9 Å². The number of hydrogen-bond acceptors (Lipinski definition) is 3. The van der Waals surface area contributed by atoms with Gasteiger partial charge in [-0.15, -0.1) is 0 Å². The van der Waals surface area contributed by atoms with Crippen LogP contribution in [0.2, 0.25) is 0 Å². The average molecular weight is 346 g/mol. The first-order valence-electron chi connectivity index (χ1n) is 8.20. The van der Waals surface area contributed by atoms with Crippen molar-refractivity contribution in [2.45, 2.75) is 6.61 Å². The zero-order valence-corrected chi connectivity index (χ0v) is 13.8. The number of rotatable bonds is 4. The molecule has 3 nitrogen and oxygen atoms in total. The van der Waals surface area contributed by atoms with E-state index in [0.29, 0.717) is 22.6 Å². The molecule has 0 fully saturated rings. The van der Waals surface area contributed by atoms with Gasteiger partial charge in [0.15, 0.2) is 5.76 Å². The van der Waals surface area contributed by atoms with E-state index in [1.807, 2.05) is 30.3 Å².